The average molecular weight is 737 g/mol. The van der Waals surface area contributed by atoms with Gasteiger partial charge in [-0.3, -0.25) is 19.2 Å². The second kappa shape index (κ2) is 18.4. The lowest BCUT2D eigenvalue weighted by molar-refractivity contribution is -0.142. The Kier molecular flexibility index (Phi) is 13.2. The molecule has 5 rings (SSSR count). The number of hydrogen-bond acceptors (Lipinski definition) is 10. The molecule has 0 spiro atoms. The fourth-order valence-electron chi connectivity index (χ4n) is 4.98. The van der Waals surface area contributed by atoms with E-state index < -0.39 is 23.0 Å². The Bertz CT molecular complexity index is 2050. The zero-order chi connectivity index (χ0) is 36.9. The molecule has 1 aromatic heterocycles. The standard InChI is InChI=1S/C39H36N4O7S2/c1-4-50-33(44)23-29-24-51-39(41-29)43-38(47)35(25-13-7-5-8-14-25)52-30-19-12-18-28(22-30)40-37(46)31(42-36(45)26-15-9-6-10-16-26)21-27-17-11-20-32(48-2)34(27)49-3/h5-22,24,35H,4,23H2,1-3H3,(H,40,46)(H,42,45)(H,41,43,47)/b31-21+. The van der Waals surface area contributed by atoms with Crippen LogP contribution in [0.15, 0.2) is 119 Å². The molecular formula is C39H36N4O7S2. The van der Waals surface area contributed by atoms with Crippen molar-refractivity contribution in [2.24, 2.45) is 0 Å². The summed E-state index contributed by atoms with van der Waals surface area (Å²) in [6.07, 6.45) is 1.53. The van der Waals surface area contributed by atoms with Crippen LogP contribution in [0.5, 0.6) is 11.5 Å². The second-order valence-electron chi connectivity index (χ2n) is 11.0. The van der Waals surface area contributed by atoms with Gasteiger partial charge in [-0.25, -0.2) is 4.98 Å². The fourth-order valence-corrected chi connectivity index (χ4v) is 6.78. The minimum atomic E-state index is -0.689. The summed E-state index contributed by atoms with van der Waals surface area (Å²) < 4.78 is 16.0. The molecular weight excluding hydrogens is 701 g/mol. The maximum absolute atomic E-state index is 13.8. The molecule has 13 heteroatoms. The van der Waals surface area contributed by atoms with Gasteiger partial charge in [0.1, 0.15) is 10.9 Å². The molecule has 4 aromatic carbocycles. The first-order chi connectivity index (χ1) is 25.3. The number of amides is 3. The molecule has 266 valence electrons. The van der Waals surface area contributed by atoms with Crippen molar-refractivity contribution >= 4 is 63.7 Å². The number of methoxy groups -OCH3 is 2. The first-order valence-electron chi connectivity index (χ1n) is 16.1. The van der Waals surface area contributed by atoms with Gasteiger partial charge in [-0.2, -0.15) is 0 Å². The number of hydrogen-bond donors (Lipinski definition) is 3. The van der Waals surface area contributed by atoms with Gasteiger partial charge < -0.3 is 30.2 Å². The summed E-state index contributed by atoms with van der Waals surface area (Å²) in [7, 11) is 3.00. The third-order valence-electron chi connectivity index (χ3n) is 7.36. The van der Waals surface area contributed by atoms with E-state index in [1.165, 1.54) is 43.4 Å². The Morgan fingerprint density at radius 2 is 1.60 bits per heavy atom. The van der Waals surface area contributed by atoms with Crippen LogP contribution in [-0.2, 0) is 25.5 Å². The Morgan fingerprint density at radius 3 is 2.31 bits per heavy atom. The SMILES string of the molecule is CCOC(=O)Cc1csc(NC(=O)C(Sc2cccc(NC(=O)/C(=C\c3cccc(OC)c3OC)NC(=O)c3ccccc3)c2)c2ccccc2)n1. The van der Waals surface area contributed by atoms with Crippen LogP contribution in [0.4, 0.5) is 10.8 Å². The lowest BCUT2D eigenvalue weighted by atomic mass is 10.1. The average Bonchev–Trinajstić information content (AvgIpc) is 3.60. The van der Waals surface area contributed by atoms with Crippen LogP contribution in [0.2, 0.25) is 0 Å². The molecule has 1 atom stereocenters. The first-order valence-corrected chi connectivity index (χ1v) is 17.9. The molecule has 0 aliphatic rings. The van der Waals surface area contributed by atoms with Crippen LogP contribution in [0, 0.1) is 0 Å². The van der Waals surface area contributed by atoms with Gasteiger partial charge >= 0.3 is 5.97 Å². The van der Waals surface area contributed by atoms with E-state index in [1.54, 1.807) is 79.0 Å². The molecule has 52 heavy (non-hydrogen) atoms. The Balaban J connectivity index is 1.38. The van der Waals surface area contributed by atoms with E-state index in [0.717, 1.165) is 5.56 Å². The number of aromatic nitrogens is 1. The highest BCUT2D eigenvalue weighted by molar-refractivity contribution is 8.00. The summed E-state index contributed by atoms with van der Waals surface area (Å²) in [5.41, 5.74) is 2.53. The number of nitrogens with zero attached hydrogens (tertiary/aromatic N) is 1. The highest BCUT2D eigenvalue weighted by Gasteiger charge is 2.24. The molecule has 1 unspecified atom stereocenters. The molecule has 3 N–H and O–H groups in total. The van der Waals surface area contributed by atoms with Gasteiger partial charge in [0.25, 0.3) is 11.8 Å². The number of thioether (sulfide) groups is 1. The van der Waals surface area contributed by atoms with Gasteiger partial charge in [-0.15, -0.1) is 23.1 Å². The zero-order valence-corrected chi connectivity index (χ0v) is 30.2. The zero-order valence-electron chi connectivity index (χ0n) is 28.6. The van der Waals surface area contributed by atoms with Crippen molar-refractivity contribution in [2.75, 3.05) is 31.5 Å². The van der Waals surface area contributed by atoms with Crippen molar-refractivity contribution in [3.05, 3.63) is 137 Å². The highest BCUT2D eigenvalue weighted by Crippen LogP contribution is 2.38. The summed E-state index contributed by atoms with van der Waals surface area (Å²) in [4.78, 5) is 57.7. The van der Waals surface area contributed by atoms with Crippen molar-refractivity contribution < 1.29 is 33.4 Å². The number of carbonyl (C=O) groups is 4. The number of thiazole rings is 1. The van der Waals surface area contributed by atoms with Gasteiger partial charge in [0.2, 0.25) is 5.91 Å². The number of ether oxygens (including phenoxy) is 3. The lowest BCUT2D eigenvalue weighted by Crippen LogP contribution is -2.30. The first kappa shape index (κ1) is 37.3. The van der Waals surface area contributed by atoms with E-state index in [9.17, 15) is 19.2 Å². The maximum atomic E-state index is 13.8. The monoisotopic (exact) mass is 736 g/mol. The largest absolute Gasteiger partial charge is 0.493 e. The van der Waals surface area contributed by atoms with Gasteiger partial charge in [0.05, 0.1) is 32.9 Å². The van der Waals surface area contributed by atoms with Crippen molar-refractivity contribution in [3.63, 3.8) is 0 Å². The van der Waals surface area contributed by atoms with Crippen molar-refractivity contribution in [2.45, 2.75) is 23.5 Å². The van der Waals surface area contributed by atoms with Gasteiger partial charge in [0, 0.05) is 27.1 Å². The third-order valence-corrected chi connectivity index (χ3v) is 9.42. The van der Waals surface area contributed by atoms with Gasteiger partial charge in [0.15, 0.2) is 16.6 Å². The Hall–Kier alpha value is -5.92. The predicted molar refractivity (Wildman–Crippen MR) is 203 cm³/mol. The summed E-state index contributed by atoms with van der Waals surface area (Å²) in [6, 6.07) is 30.1. The van der Waals surface area contributed by atoms with Crippen LogP contribution >= 0.6 is 23.1 Å². The predicted octanol–water partition coefficient (Wildman–Crippen LogP) is 7.15. The second-order valence-corrected chi connectivity index (χ2v) is 13.0. The Labute approximate surface area is 309 Å². The molecule has 0 saturated heterocycles. The van der Waals surface area contributed by atoms with Crippen molar-refractivity contribution in [1.82, 2.24) is 10.3 Å². The highest BCUT2D eigenvalue weighted by atomic mass is 32.2. The van der Waals surface area contributed by atoms with Crippen molar-refractivity contribution in [3.8, 4) is 11.5 Å². The molecule has 0 aliphatic carbocycles. The van der Waals surface area contributed by atoms with Crippen LogP contribution < -0.4 is 25.4 Å². The number of esters is 1. The van der Waals surface area contributed by atoms with Gasteiger partial charge in [-0.05, 0) is 55.0 Å². The summed E-state index contributed by atoms with van der Waals surface area (Å²) in [6.45, 7) is 2.01. The van der Waals surface area contributed by atoms with E-state index in [1.807, 2.05) is 36.4 Å². The van der Waals surface area contributed by atoms with E-state index >= 15 is 0 Å². The molecule has 0 radical (unpaired) electrons. The number of carbonyl (C=O) groups excluding carboxylic acids is 4. The van der Waals surface area contributed by atoms with E-state index in [4.69, 9.17) is 14.2 Å². The van der Waals surface area contributed by atoms with Crippen molar-refractivity contribution in [1.29, 1.82) is 0 Å². The van der Waals surface area contributed by atoms with Crippen LogP contribution in [0.3, 0.4) is 0 Å². The van der Waals surface area contributed by atoms with Gasteiger partial charge in [-0.1, -0.05) is 66.7 Å². The summed E-state index contributed by atoms with van der Waals surface area (Å²) >= 11 is 2.51. The molecule has 3 amide bonds. The van der Waals surface area contributed by atoms with Crippen LogP contribution in [0.1, 0.15) is 39.4 Å². The van der Waals surface area contributed by atoms with Crippen LogP contribution in [-0.4, -0.2) is 49.5 Å². The molecule has 0 fully saturated rings. The molecule has 11 nitrogen and oxygen atoms in total. The smallest absolute Gasteiger partial charge is 0.311 e. The van der Waals surface area contributed by atoms with E-state index in [0.29, 0.717) is 44.0 Å². The number of benzene rings is 4. The van der Waals surface area contributed by atoms with Crippen LogP contribution in [0.25, 0.3) is 6.08 Å². The number of para-hydroxylation sites is 1. The third kappa shape index (κ3) is 10.1. The number of rotatable bonds is 15. The number of nitrogens with one attached hydrogen (secondary N) is 3. The molecule has 0 saturated carbocycles. The fraction of sp³-hybridized carbons (Fsp3) is 0.154. The quantitative estimate of drug-likeness (QED) is 0.0580. The van der Waals surface area contributed by atoms with E-state index in [2.05, 4.69) is 20.9 Å². The maximum Gasteiger partial charge on any atom is 0.311 e. The molecule has 1 heterocycles. The summed E-state index contributed by atoms with van der Waals surface area (Å²) in [5, 5.41) is 9.88. The topological polar surface area (TPSA) is 145 Å². The normalized spacial score (nSPS) is 11.6. The summed E-state index contributed by atoms with van der Waals surface area (Å²) in [5.74, 6) is -0.922. The minimum absolute atomic E-state index is 0.00944. The molecule has 0 aliphatic heterocycles. The Morgan fingerprint density at radius 1 is 0.865 bits per heavy atom. The van der Waals surface area contributed by atoms with E-state index in [-0.39, 0.29) is 24.6 Å². The minimum Gasteiger partial charge on any atom is -0.493 e. The number of anilines is 2. The molecule has 5 aromatic rings. The lowest BCUT2D eigenvalue weighted by Gasteiger charge is -2.17. The molecule has 0 bridgehead atoms.